The summed E-state index contributed by atoms with van der Waals surface area (Å²) >= 11 is 6.09. The Morgan fingerprint density at radius 3 is 2.53 bits per heavy atom. The fourth-order valence-corrected chi connectivity index (χ4v) is 3.70. The largest absolute Gasteiger partial charge is 0.463 e. The molecule has 1 heterocycles. The maximum absolute atomic E-state index is 12.7. The van der Waals surface area contributed by atoms with E-state index in [-0.39, 0.29) is 22.3 Å². The number of carbonyl (C=O) groups is 1. The maximum Gasteiger partial charge on any atom is 0.271 e. The molecule has 0 aliphatic rings. The third-order valence-corrected chi connectivity index (χ3v) is 5.71. The summed E-state index contributed by atoms with van der Waals surface area (Å²) in [6.07, 6.45) is -0.973. The molecule has 0 radical (unpaired) electrons. The fraction of sp³-hybridized carbons (Fsp3) is 0.160. The van der Waals surface area contributed by atoms with E-state index in [1.54, 1.807) is 6.92 Å². The lowest BCUT2D eigenvalue weighted by atomic mass is 9.99. The molecular formula is C25H21ClN4O4. The molecule has 0 saturated heterocycles. The number of anilines is 1. The number of halogens is 1. The van der Waals surface area contributed by atoms with Gasteiger partial charge in [-0.15, -0.1) is 10.2 Å². The predicted octanol–water partition coefficient (Wildman–Crippen LogP) is 5.88. The van der Waals surface area contributed by atoms with Gasteiger partial charge in [0.1, 0.15) is 5.69 Å². The van der Waals surface area contributed by atoms with Crippen molar-refractivity contribution in [2.24, 2.45) is 0 Å². The van der Waals surface area contributed by atoms with Crippen molar-refractivity contribution < 1.29 is 14.5 Å². The smallest absolute Gasteiger partial charge is 0.271 e. The zero-order valence-corrected chi connectivity index (χ0v) is 19.5. The number of nitrogens with one attached hydrogen (secondary N) is 1. The second-order valence-electron chi connectivity index (χ2n) is 7.89. The number of amides is 1. The van der Waals surface area contributed by atoms with E-state index < -0.39 is 16.9 Å². The van der Waals surface area contributed by atoms with Gasteiger partial charge in [0.25, 0.3) is 11.6 Å². The monoisotopic (exact) mass is 476 g/mol. The number of non-ortho nitro benzene ring substituents is 1. The van der Waals surface area contributed by atoms with E-state index in [1.165, 1.54) is 18.2 Å². The molecule has 34 heavy (non-hydrogen) atoms. The van der Waals surface area contributed by atoms with Crippen molar-refractivity contribution in [1.82, 2.24) is 10.2 Å². The van der Waals surface area contributed by atoms with Gasteiger partial charge in [-0.3, -0.25) is 14.9 Å². The van der Waals surface area contributed by atoms with Crippen molar-refractivity contribution >= 4 is 39.7 Å². The van der Waals surface area contributed by atoms with Crippen molar-refractivity contribution in [3.63, 3.8) is 0 Å². The van der Waals surface area contributed by atoms with Crippen molar-refractivity contribution in [1.29, 1.82) is 0 Å². The molecule has 0 bridgehead atoms. The molecule has 9 heteroatoms. The average molecular weight is 477 g/mol. The summed E-state index contributed by atoms with van der Waals surface area (Å²) in [5, 5.41) is 24.0. The Bertz CT molecular complexity index is 1420. The first kappa shape index (κ1) is 23.1. The molecule has 0 saturated carbocycles. The minimum absolute atomic E-state index is 0.123. The molecule has 4 rings (SSSR count). The number of fused-ring (bicyclic) bond motifs is 1. The van der Waals surface area contributed by atoms with Gasteiger partial charge >= 0.3 is 0 Å². The first-order valence-corrected chi connectivity index (χ1v) is 10.9. The minimum atomic E-state index is -0.973. The van der Waals surface area contributed by atoms with Crippen LogP contribution in [0.2, 0.25) is 5.02 Å². The van der Waals surface area contributed by atoms with Crippen molar-refractivity contribution in [2.75, 3.05) is 5.32 Å². The average Bonchev–Trinajstić information content (AvgIpc) is 2.82. The van der Waals surface area contributed by atoms with Crippen LogP contribution in [-0.4, -0.2) is 27.1 Å². The Balaban J connectivity index is 1.63. The van der Waals surface area contributed by atoms with Crippen LogP contribution in [0, 0.1) is 24.0 Å². The number of aryl methyl sites for hydroxylation is 2. The molecule has 1 unspecified atom stereocenters. The van der Waals surface area contributed by atoms with E-state index in [0.717, 1.165) is 27.8 Å². The molecule has 1 atom stereocenters. The molecule has 3 aromatic carbocycles. The molecule has 0 aliphatic carbocycles. The highest BCUT2D eigenvalue weighted by Crippen LogP contribution is 2.33. The summed E-state index contributed by atoms with van der Waals surface area (Å²) in [5.41, 5.74) is 3.81. The molecule has 8 nitrogen and oxygen atoms in total. The van der Waals surface area contributed by atoms with Crippen LogP contribution < -0.4 is 10.1 Å². The number of aromatic nitrogens is 2. The van der Waals surface area contributed by atoms with E-state index in [9.17, 15) is 14.9 Å². The fourth-order valence-electron chi connectivity index (χ4n) is 3.53. The summed E-state index contributed by atoms with van der Waals surface area (Å²) in [6.45, 7) is 5.58. The van der Waals surface area contributed by atoms with Gasteiger partial charge in [0.05, 0.1) is 15.6 Å². The number of hydrogen-bond acceptors (Lipinski definition) is 6. The summed E-state index contributed by atoms with van der Waals surface area (Å²) in [4.78, 5) is 23.2. The first-order chi connectivity index (χ1) is 16.2. The quantitative estimate of drug-likeness (QED) is 0.275. The van der Waals surface area contributed by atoms with Crippen molar-refractivity contribution in [3.8, 4) is 17.1 Å². The SMILES string of the molecule is Cc1ccc(C)c(-c2nnc(OC(C)C(=O)Nc3cc([N+](=O)[O-])ccc3Cl)c3ccccc23)c1. The highest BCUT2D eigenvalue weighted by atomic mass is 35.5. The second kappa shape index (κ2) is 9.44. The Morgan fingerprint density at radius 2 is 1.79 bits per heavy atom. The Hall–Kier alpha value is -4.04. The van der Waals surface area contributed by atoms with Gasteiger partial charge in [-0.05, 0) is 44.5 Å². The van der Waals surface area contributed by atoms with Gasteiger partial charge in [-0.1, -0.05) is 47.5 Å². The number of benzene rings is 3. The highest BCUT2D eigenvalue weighted by molar-refractivity contribution is 6.33. The van der Waals surface area contributed by atoms with Crippen LogP contribution in [0.3, 0.4) is 0 Å². The van der Waals surface area contributed by atoms with Gasteiger partial charge < -0.3 is 10.1 Å². The zero-order valence-electron chi connectivity index (χ0n) is 18.7. The first-order valence-electron chi connectivity index (χ1n) is 10.5. The molecule has 0 spiro atoms. The van der Waals surface area contributed by atoms with E-state index in [0.29, 0.717) is 5.39 Å². The number of carbonyl (C=O) groups excluding carboxylic acids is 1. The van der Waals surface area contributed by atoms with Gasteiger partial charge in [0, 0.05) is 28.5 Å². The molecule has 4 aromatic rings. The third kappa shape index (κ3) is 4.67. The Morgan fingerprint density at radius 1 is 1.06 bits per heavy atom. The Labute approximate surface area is 200 Å². The van der Waals surface area contributed by atoms with E-state index >= 15 is 0 Å². The van der Waals surface area contributed by atoms with E-state index in [4.69, 9.17) is 16.3 Å². The number of nitro groups is 1. The molecular weight excluding hydrogens is 456 g/mol. The molecule has 0 fully saturated rings. The van der Waals surface area contributed by atoms with Gasteiger partial charge in [0.2, 0.25) is 5.88 Å². The predicted molar refractivity (Wildman–Crippen MR) is 131 cm³/mol. The normalized spacial score (nSPS) is 11.8. The summed E-state index contributed by atoms with van der Waals surface area (Å²) in [7, 11) is 0. The van der Waals surface area contributed by atoms with E-state index in [1.807, 2.05) is 50.2 Å². The number of hydrogen-bond donors (Lipinski definition) is 1. The molecule has 1 N–H and O–H groups in total. The van der Waals surface area contributed by atoms with Crippen LogP contribution in [0.25, 0.3) is 22.0 Å². The van der Waals surface area contributed by atoms with Crippen LogP contribution in [-0.2, 0) is 4.79 Å². The summed E-state index contributed by atoms with van der Waals surface area (Å²) in [5.74, 6) is -0.329. The van der Waals surface area contributed by atoms with Crippen LogP contribution >= 0.6 is 11.6 Å². The summed E-state index contributed by atoms with van der Waals surface area (Å²) in [6, 6.07) is 17.5. The van der Waals surface area contributed by atoms with Crippen LogP contribution in [0.15, 0.2) is 60.7 Å². The number of nitro benzene ring substituents is 1. The van der Waals surface area contributed by atoms with E-state index in [2.05, 4.69) is 21.6 Å². The Kier molecular flexibility index (Phi) is 6.43. The molecule has 1 amide bonds. The number of rotatable bonds is 6. The minimum Gasteiger partial charge on any atom is -0.463 e. The zero-order chi connectivity index (χ0) is 24.4. The number of nitrogens with zero attached hydrogens (tertiary/aromatic N) is 3. The lowest BCUT2D eigenvalue weighted by Gasteiger charge is -2.17. The third-order valence-electron chi connectivity index (χ3n) is 5.38. The summed E-state index contributed by atoms with van der Waals surface area (Å²) < 4.78 is 5.86. The van der Waals surface area contributed by atoms with Crippen LogP contribution in [0.4, 0.5) is 11.4 Å². The van der Waals surface area contributed by atoms with Crippen LogP contribution in [0.1, 0.15) is 18.1 Å². The maximum atomic E-state index is 12.7. The van der Waals surface area contributed by atoms with Crippen molar-refractivity contribution in [2.45, 2.75) is 26.9 Å². The lowest BCUT2D eigenvalue weighted by molar-refractivity contribution is -0.384. The second-order valence-corrected chi connectivity index (χ2v) is 8.30. The van der Waals surface area contributed by atoms with Gasteiger partial charge in [-0.2, -0.15) is 0 Å². The van der Waals surface area contributed by atoms with Gasteiger partial charge in [0.15, 0.2) is 6.10 Å². The molecule has 0 aliphatic heterocycles. The topological polar surface area (TPSA) is 107 Å². The van der Waals surface area contributed by atoms with Gasteiger partial charge in [-0.25, -0.2) is 0 Å². The van der Waals surface area contributed by atoms with Crippen molar-refractivity contribution in [3.05, 3.63) is 86.9 Å². The molecule has 1 aromatic heterocycles. The standard InChI is InChI=1S/C25H21ClN4O4/c1-14-8-9-15(2)20(12-14)23-18-6-4-5-7-19(18)25(29-28-23)34-16(3)24(31)27-22-13-17(30(32)33)10-11-21(22)26/h4-13,16H,1-3H3,(H,27,31). The molecule has 172 valence electrons. The van der Waals surface area contributed by atoms with Crippen LogP contribution in [0.5, 0.6) is 5.88 Å². The lowest BCUT2D eigenvalue weighted by Crippen LogP contribution is -2.30. The number of ether oxygens (including phenoxy) is 1. The highest BCUT2D eigenvalue weighted by Gasteiger charge is 2.21.